The van der Waals surface area contributed by atoms with Crippen LogP contribution in [0.1, 0.15) is 16.1 Å². The van der Waals surface area contributed by atoms with E-state index < -0.39 is 0 Å². The number of anilines is 1. The fourth-order valence-electron chi connectivity index (χ4n) is 1.50. The third-order valence-electron chi connectivity index (χ3n) is 2.29. The number of hydrogen-bond donors (Lipinski definition) is 2. The zero-order chi connectivity index (χ0) is 13.0. The molecule has 1 amide bonds. The van der Waals surface area contributed by atoms with Gasteiger partial charge in [-0.3, -0.25) is 9.89 Å². The quantitative estimate of drug-likeness (QED) is 0.853. The molecule has 0 unspecified atom stereocenters. The van der Waals surface area contributed by atoms with E-state index in [-0.39, 0.29) is 5.91 Å². The average Bonchev–Trinajstić information content (AvgIpc) is 2.76. The standard InChI is InChI=1S/C12H12BrN3O2/c1-8-6-11(16-15-8)14-12(17)9-4-2-3-5-10(9)18-7-13/h2-6H,7H2,1H3,(H2,14,15,16,17). The van der Waals surface area contributed by atoms with Gasteiger partial charge in [0.15, 0.2) is 5.82 Å². The lowest BCUT2D eigenvalue weighted by atomic mass is 10.2. The Morgan fingerprint density at radius 2 is 2.28 bits per heavy atom. The van der Waals surface area contributed by atoms with E-state index in [4.69, 9.17) is 4.74 Å². The maximum atomic E-state index is 12.1. The number of benzene rings is 1. The van der Waals surface area contributed by atoms with Crippen LogP contribution in [0.2, 0.25) is 0 Å². The number of hydrogen-bond acceptors (Lipinski definition) is 3. The topological polar surface area (TPSA) is 67.0 Å². The first-order chi connectivity index (χ1) is 8.70. The zero-order valence-electron chi connectivity index (χ0n) is 9.74. The maximum absolute atomic E-state index is 12.1. The van der Waals surface area contributed by atoms with Crippen LogP contribution in [0.5, 0.6) is 5.75 Å². The number of para-hydroxylation sites is 1. The van der Waals surface area contributed by atoms with Gasteiger partial charge in [-0.25, -0.2) is 0 Å². The van der Waals surface area contributed by atoms with Gasteiger partial charge in [-0.05, 0) is 35.0 Å². The Labute approximate surface area is 113 Å². The summed E-state index contributed by atoms with van der Waals surface area (Å²) in [6, 6.07) is 8.80. The fourth-order valence-corrected chi connectivity index (χ4v) is 1.75. The van der Waals surface area contributed by atoms with Crippen LogP contribution in [0, 0.1) is 6.92 Å². The predicted molar refractivity (Wildman–Crippen MR) is 72.1 cm³/mol. The Morgan fingerprint density at radius 1 is 1.50 bits per heavy atom. The number of aryl methyl sites for hydroxylation is 1. The molecule has 94 valence electrons. The average molecular weight is 310 g/mol. The molecule has 5 nitrogen and oxygen atoms in total. The lowest BCUT2D eigenvalue weighted by Crippen LogP contribution is -2.13. The third-order valence-corrected chi connectivity index (χ3v) is 2.52. The van der Waals surface area contributed by atoms with Crippen molar-refractivity contribution in [3.05, 3.63) is 41.6 Å². The number of nitrogens with one attached hydrogen (secondary N) is 2. The maximum Gasteiger partial charge on any atom is 0.260 e. The molecule has 0 saturated heterocycles. The second kappa shape index (κ2) is 5.68. The van der Waals surface area contributed by atoms with Gasteiger partial charge in [-0.2, -0.15) is 5.10 Å². The molecule has 2 rings (SSSR count). The van der Waals surface area contributed by atoms with Gasteiger partial charge in [0.25, 0.3) is 5.91 Å². The highest BCUT2D eigenvalue weighted by Gasteiger charge is 2.13. The number of rotatable bonds is 4. The Bertz CT molecular complexity index is 554. The van der Waals surface area contributed by atoms with Crippen LogP contribution in [0.25, 0.3) is 0 Å². The summed E-state index contributed by atoms with van der Waals surface area (Å²) in [7, 11) is 0. The number of nitrogens with zero attached hydrogens (tertiary/aromatic N) is 1. The molecule has 1 aromatic heterocycles. The summed E-state index contributed by atoms with van der Waals surface area (Å²) >= 11 is 3.17. The van der Waals surface area contributed by atoms with Crippen molar-refractivity contribution in [2.45, 2.75) is 6.92 Å². The van der Waals surface area contributed by atoms with Crippen molar-refractivity contribution >= 4 is 27.7 Å². The molecule has 0 aliphatic heterocycles. The van der Waals surface area contributed by atoms with Crippen molar-refractivity contribution in [2.24, 2.45) is 0 Å². The number of ether oxygens (including phenoxy) is 1. The molecule has 0 fully saturated rings. The molecular formula is C12H12BrN3O2. The number of amides is 1. The van der Waals surface area contributed by atoms with E-state index in [0.717, 1.165) is 5.69 Å². The summed E-state index contributed by atoms with van der Waals surface area (Å²) in [5.41, 5.74) is 1.69. The third kappa shape index (κ3) is 2.89. The molecule has 0 aliphatic carbocycles. The number of carbonyl (C=O) groups excluding carboxylic acids is 1. The van der Waals surface area contributed by atoms with Gasteiger partial charge >= 0.3 is 0 Å². The lowest BCUT2D eigenvalue weighted by molar-refractivity contribution is 0.102. The van der Waals surface area contributed by atoms with Gasteiger partial charge in [0, 0.05) is 11.8 Å². The summed E-state index contributed by atoms with van der Waals surface area (Å²) in [6.45, 7) is 1.87. The Morgan fingerprint density at radius 3 is 2.94 bits per heavy atom. The number of alkyl halides is 1. The molecule has 0 atom stereocenters. The molecule has 0 spiro atoms. The van der Waals surface area contributed by atoms with Crippen molar-refractivity contribution in [3.8, 4) is 5.75 Å². The van der Waals surface area contributed by atoms with Crippen molar-refractivity contribution in [3.63, 3.8) is 0 Å². The second-order valence-corrected chi connectivity index (χ2v) is 4.10. The van der Waals surface area contributed by atoms with E-state index in [2.05, 4.69) is 31.4 Å². The minimum Gasteiger partial charge on any atom is -0.482 e. The summed E-state index contributed by atoms with van der Waals surface area (Å²) in [5, 5.41) is 9.41. The number of H-pyrrole nitrogens is 1. The highest BCUT2D eigenvalue weighted by molar-refractivity contribution is 9.09. The Hall–Kier alpha value is -1.82. The van der Waals surface area contributed by atoms with Crippen LogP contribution >= 0.6 is 15.9 Å². The largest absolute Gasteiger partial charge is 0.482 e. The number of aromatic amines is 1. The molecule has 0 bridgehead atoms. The van der Waals surface area contributed by atoms with E-state index in [1.54, 1.807) is 24.3 Å². The molecule has 0 aliphatic rings. The van der Waals surface area contributed by atoms with E-state index >= 15 is 0 Å². The zero-order valence-corrected chi connectivity index (χ0v) is 11.3. The molecule has 6 heteroatoms. The minimum absolute atomic E-state index is 0.252. The lowest BCUT2D eigenvalue weighted by Gasteiger charge is -2.08. The molecule has 0 radical (unpaired) electrons. The monoisotopic (exact) mass is 309 g/mol. The molecule has 18 heavy (non-hydrogen) atoms. The number of halogens is 1. The van der Waals surface area contributed by atoms with Gasteiger partial charge in [0.05, 0.1) is 5.56 Å². The number of carbonyl (C=O) groups is 1. The van der Waals surface area contributed by atoms with E-state index in [1.807, 2.05) is 13.0 Å². The van der Waals surface area contributed by atoms with Crippen LogP contribution < -0.4 is 10.1 Å². The summed E-state index contributed by atoms with van der Waals surface area (Å²) < 4.78 is 5.33. The highest BCUT2D eigenvalue weighted by Crippen LogP contribution is 2.19. The Kier molecular flexibility index (Phi) is 3.99. The summed E-state index contributed by atoms with van der Waals surface area (Å²) in [5.74, 6) is 0.767. The predicted octanol–water partition coefficient (Wildman–Crippen LogP) is 2.70. The Balaban J connectivity index is 2.18. The van der Waals surface area contributed by atoms with Crippen LogP contribution in [-0.4, -0.2) is 21.6 Å². The summed E-state index contributed by atoms with van der Waals surface area (Å²) in [6.07, 6.45) is 0. The van der Waals surface area contributed by atoms with Gasteiger partial charge in [0.1, 0.15) is 11.3 Å². The van der Waals surface area contributed by atoms with E-state index in [9.17, 15) is 4.79 Å². The van der Waals surface area contributed by atoms with Gasteiger partial charge < -0.3 is 10.1 Å². The van der Waals surface area contributed by atoms with E-state index in [0.29, 0.717) is 22.6 Å². The molecule has 0 saturated carbocycles. The second-order valence-electron chi connectivity index (χ2n) is 3.64. The first-order valence-electron chi connectivity index (χ1n) is 5.32. The fraction of sp³-hybridized carbons (Fsp3) is 0.167. The molecule has 1 aromatic carbocycles. The van der Waals surface area contributed by atoms with Crippen LogP contribution in [0.4, 0.5) is 5.82 Å². The van der Waals surface area contributed by atoms with Crippen molar-refractivity contribution < 1.29 is 9.53 Å². The van der Waals surface area contributed by atoms with Gasteiger partial charge in [-0.1, -0.05) is 12.1 Å². The number of aromatic nitrogens is 2. The van der Waals surface area contributed by atoms with E-state index in [1.165, 1.54) is 0 Å². The first-order valence-corrected chi connectivity index (χ1v) is 6.44. The van der Waals surface area contributed by atoms with Gasteiger partial charge in [0.2, 0.25) is 0 Å². The molecule has 2 N–H and O–H groups in total. The SMILES string of the molecule is Cc1cc(NC(=O)c2ccccc2OCBr)n[nH]1. The minimum atomic E-state index is -0.252. The van der Waals surface area contributed by atoms with Crippen molar-refractivity contribution in [2.75, 3.05) is 10.8 Å². The van der Waals surface area contributed by atoms with Gasteiger partial charge in [-0.15, -0.1) is 0 Å². The van der Waals surface area contributed by atoms with Crippen LogP contribution in [0.3, 0.4) is 0 Å². The smallest absolute Gasteiger partial charge is 0.260 e. The molecule has 1 heterocycles. The molecular weight excluding hydrogens is 298 g/mol. The normalized spacial score (nSPS) is 10.1. The first kappa shape index (κ1) is 12.6. The van der Waals surface area contributed by atoms with Crippen LogP contribution in [-0.2, 0) is 0 Å². The summed E-state index contributed by atoms with van der Waals surface area (Å²) in [4.78, 5) is 12.1. The molecule has 2 aromatic rings. The highest BCUT2D eigenvalue weighted by atomic mass is 79.9. The van der Waals surface area contributed by atoms with Crippen molar-refractivity contribution in [1.29, 1.82) is 0 Å². The van der Waals surface area contributed by atoms with Crippen LogP contribution in [0.15, 0.2) is 30.3 Å². The van der Waals surface area contributed by atoms with Crippen molar-refractivity contribution in [1.82, 2.24) is 10.2 Å².